The summed E-state index contributed by atoms with van der Waals surface area (Å²) in [6.07, 6.45) is 6.23. The fourth-order valence-corrected chi connectivity index (χ4v) is 4.56. The Morgan fingerprint density at radius 1 is 0.958 bits per heavy atom. The van der Waals surface area contributed by atoms with Crippen molar-refractivity contribution in [3.63, 3.8) is 0 Å². The molecule has 1 spiro atoms. The van der Waals surface area contributed by atoms with E-state index in [2.05, 4.69) is 35.5 Å². The molecule has 0 bridgehead atoms. The first-order chi connectivity index (χ1) is 11.6. The van der Waals surface area contributed by atoms with Crippen LogP contribution in [0.25, 0.3) is 0 Å². The van der Waals surface area contributed by atoms with Gasteiger partial charge in [-0.1, -0.05) is 18.8 Å². The minimum atomic E-state index is 0.0866. The van der Waals surface area contributed by atoms with Gasteiger partial charge in [0.2, 0.25) is 0 Å². The summed E-state index contributed by atoms with van der Waals surface area (Å²) in [6, 6.07) is 0. The molecule has 0 unspecified atom stereocenters. The van der Waals surface area contributed by atoms with Gasteiger partial charge >= 0.3 is 0 Å². The maximum absolute atomic E-state index is 6.08. The molecule has 3 rings (SSSR count). The molecule has 0 aliphatic carbocycles. The van der Waals surface area contributed by atoms with Crippen LogP contribution in [0.1, 0.15) is 46.0 Å². The van der Waals surface area contributed by atoms with Crippen molar-refractivity contribution in [3.8, 4) is 11.8 Å². The topological polar surface area (TPSA) is 24.9 Å². The number of nitrogens with zero attached hydrogens (tertiary/aromatic N) is 2. The van der Waals surface area contributed by atoms with Gasteiger partial charge < -0.3 is 9.47 Å². The summed E-state index contributed by atoms with van der Waals surface area (Å²) in [6.45, 7) is 13.5. The van der Waals surface area contributed by atoms with E-state index >= 15 is 0 Å². The first kappa shape index (κ1) is 18.2. The average molecular weight is 335 g/mol. The molecule has 3 aliphatic rings. The van der Waals surface area contributed by atoms with Gasteiger partial charge in [0.1, 0.15) is 0 Å². The lowest BCUT2D eigenvalue weighted by molar-refractivity contribution is -0.132. The van der Waals surface area contributed by atoms with Gasteiger partial charge in [-0.15, -0.1) is 0 Å². The van der Waals surface area contributed by atoms with Crippen LogP contribution in [0.3, 0.4) is 0 Å². The summed E-state index contributed by atoms with van der Waals surface area (Å²) >= 11 is 0. The summed E-state index contributed by atoms with van der Waals surface area (Å²) in [4.78, 5) is 4.97. The first-order valence-electron chi connectivity index (χ1n) is 9.75. The molecule has 0 aromatic rings. The highest BCUT2D eigenvalue weighted by Crippen LogP contribution is 2.45. The van der Waals surface area contributed by atoms with Crippen LogP contribution in [0.4, 0.5) is 0 Å². The minimum Gasteiger partial charge on any atom is -0.379 e. The van der Waals surface area contributed by atoms with Crippen LogP contribution >= 0.6 is 0 Å². The molecule has 0 saturated carbocycles. The van der Waals surface area contributed by atoms with Crippen molar-refractivity contribution in [2.45, 2.75) is 51.6 Å². The summed E-state index contributed by atoms with van der Waals surface area (Å²) in [5, 5.41) is 0. The van der Waals surface area contributed by atoms with E-state index in [0.717, 1.165) is 52.4 Å². The Kier molecular flexibility index (Phi) is 6.21. The molecular formula is C20H34N2O2. The van der Waals surface area contributed by atoms with Gasteiger partial charge in [0, 0.05) is 26.2 Å². The van der Waals surface area contributed by atoms with Crippen molar-refractivity contribution < 1.29 is 9.47 Å². The lowest BCUT2D eigenvalue weighted by Gasteiger charge is -2.50. The molecule has 3 aliphatic heterocycles. The monoisotopic (exact) mass is 334 g/mol. The second-order valence-corrected chi connectivity index (χ2v) is 8.13. The number of hydrogen-bond donors (Lipinski definition) is 0. The first-order valence-corrected chi connectivity index (χ1v) is 9.75. The van der Waals surface area contributed by atoms with Crippen molar-refractivity contribution in [2.24, 2.45) is 5.41 Å². The number of morpholine rings is 1. The highest BCUT2D eigenvalue weighted by molar-refractivity contribution is 5.05. The molecule has 0 aromatic heterocycles. The lowest BCUT2D eigenvalue weighted by Crippen LogP contribution is -2.51. The molecule has 3 saturated heterocycles. The normalized spacial score (nSPS) is 35.6. The van der Waals surface area contributed by atoms with Crippen LogP contribution in [-0.2, 0) is 9.47 Å². The van der Waals surface area contributed by atoms with Crippen LogP contribution in [0.2, 0.25) is 0 Å². The fourth-order valence-electron chi connectivity index (χ4n) is 4.56. The zero-order valence-electron chi connectivity index (χ0n) is 15.6. The Bertz CT molecular complexity index is 462. The minimum absolute atomic E-state index is 0.0866. The Morgan fingerprint density at radius 2 is 1.71 bits per heavy atom. The molecule has 3 fully saturated rings. The molecular weight excluding hydrogens is 300 g/mol. The Hall–Kier alpha value is -0.600. The van der Waals surface area contributed by atoms with Gasteiger partial charge in [0.05, 0.1) is 31.9 Å². The molecule has 4 heteroatoms. The Labute approximate surface area is 147 Å². The third-order valence-electron chi connectivity index (χ3n) is 6.15. The SMILES string of the molecule is CC[C@]1(C)C[C@@]2(CCCN(CC#CCN3CCOCC3)C2)CCO1. The van der Waals surface area contributed by atoms with E-state index < -0.39 is 0 Å². The molecule has 136 valence electrons. The third-order valence-corrected chi connectivity index (χ3v) is 6.15. The summed E-state index contributed by atoms with van der Waals surface area (Å²) < 4.78 is 11.5. The van der Waals surface area contributed by atoms with Gasteiger partial charge in [0.15, 0.2) is 0 Å². The van der Waals surface area contributed by atoms with Crippen molar-refractivity contribution in [3.05, 3.63) is 0 Å². The second-order valence-electron chi connectivity index (χ2n) is 8.13. The quantitative estimate of drug-likeness (QED) is 0.740. The molecule has 3 heterocycles. The van der Waals surface area contributed by atoms with Gasteiger partial charge in [-0.25, -0.2) is 0 Å². The average Bonchev–Trinajstić information content (AvgIpc) is 2.60. The van der Waals surface area contributed by atoms with Gasteiger partial charge in [-0.05, 0) is 51.0 Å². The number of piperidine rings is 1. The standard InChI is InChI=1S/C20H34N2O2/c1-3-19(2)17-20(8-14-24-19)7-6-11-22(18-20)10-5-4-9-21-12-15-23-16-13-21/h3,6-18H2,1-2H3/t19-,20-/m1/s1. The largest absolute Gasteiger partial charge is 0.379 e. The van der Waals surface area contributed by atoms with Crippen LogP contribution in [0, 0.1) is 17.3 Å². The van der Waals surface area contributed by atoms with E-state index in [4.69, 9.17) is 9.47 Å². The van der Waals surface area contributed by atoms with Crippen LogP contribution in [-0.4, -0.2) is 74.5 Å². The van der Waals surface area contributed by atoms with Gasteiger partial charge in [-0.3, -0.25) is 9.80 Å². The van der Waals surface area contributed by atoms with Gasteiger partial charge in [0.25, 0.3) is 0 Å². The Morgan fingerprint density at radius 3 is 2.46 bits per heavy atom. The van der Waals surface area contributed by atoms with E-state index in [-0.39, 0.29) is 5.60 Å². The Balaban J connectivity index is 1.49. The van der Waals surface area contributed by atoms with E-state index in [9.17, 15) is 0 Å². The summed E-state index contributed by atoms with van der Waals surface area (Å²) in [5.41, 5.74) is 0.552. The highest BCUT2D eigenvalue weighted by Gasteiger charge is 2.44. The number of rotatable bonds is 3. The molecule has 0 aromatic carbocycles. The van der Waals surface area contributed by atoms with E-state index in [1.54, 1.807) is 0 Å². The smallest absolute Gasteiger partial charge is 0.0657 e. The predicted molar refractivity (Wildman–Crippen MR) is 97.0 cm³/mol. The fraction of sp³-hybridized carbons (Fsp3) is 0.900. The maximum atomic E-state index is 6.08. The number of ether oxygens (including phenoxy) is 2. The highest BCUT2D eigenvalue weighted by atomic mass is 16.5. The zero-order chi connectivity index (χ0) is 16.9. The predicted octanol–water partition coefficient (Wildman–Crippen LogP) is 2.38. The van der Waals surface area contributed by atoms with Crippen molar-refractivity contribution >= 4 is 0 Å². The molecule has 24 heavy (non-hydrogen) atoms. The van der Waals surface area contributed by atoms with Crippen molar-refractivity contribution in [2.75, 3.05) is 59.1 Å². The molecule has 4 nitrogen and oxygen atoms in total. The maximum Gasteiger partial charge on any atom is 0.0657 e. The molecule has 2 atom stereocenters. The summed E-state index contributed by atoms with van der Waals surface area (Å²) in [7, 11) is 0. The molecule has 0 N–H and O–H groups in total. The lowest BCUT2D eigenvalue weighted by atomic mass is 9.68. The zero-order valence-corrected chi connectivity index (χ0v) is 15.6. The number of likely N-dealkylation sites (tertiary alicyclic amines) is 1. The van der Waals surface area contributed by atoms with Crippen LogP contribution < -0.4 is 0 Å². The van der Waals surface area contributed by atoms with E-state index in [0.29, 0.717) is 5.41 Å². The van der Waals surface area contributed by atoms with E-state index in [1.807, 2.05) is 0 Å². The third kappa shape index (κ3) is 4.73. The van der Waals surface area contributed by atoms with Crippen molar-refractivity contribution in [1.29, 1.82) is 0 Å². The molecule has 0 radical (unpaired) electrons. The number of hydrogen-bond acceptors (Lipinski definition) is 4. The van der Waals surface area contributed by atoms with Gasteiger partial charge in [-0.2, -0.15) is 0 Å². The van der Waals surface area contributed by atoms with Crippen LogP contribution in [0.15, 0.2) is 0 Å². The summed E-state index contributed by atoms with van der Waals surface area (Å²) in [5.74, 6) is 6.80. The molecule has 0 amide bonds. The second kappa shape index (κ2) is 8.19. The van der Waals surface area contributed by atoms with Crippen LogP contribution in [0.5, 0.6) is 0 Å². The van der Waals surface area contributed by atoms with Crippen molar-refractivity contribution in [1.82, 2.24) is 9.80 Å². The van der Waals surface area contributed by atoms with E-state index in [1.165, 1.54) is 38.8 Å².